The molecule has 0 unspecified atom stereocenters. The molecule has 0 aliphatic carbocycles. The third-order valence-corrected chi connectivity index (χ3v) is 3.98. The quantitative estimate of drug-likeness (QED) is 0.253. The Balaban J connectivity index is 1.98. The van der Waals surface area contributed by atoms with Crippen LogP contribution in [0.4, 0.5) is 10.5 Å². The number of carbonyl (C=O) groups is 1. The molecule has 0 aliphatic rings. The molecule has 0 atom stereocenters. The van der Waals surface area contributed by atoms with Gasteiger partial charge in [0, 0.05) is 5.69 Å². The Morgan fingerprint density at radius 1 is 0.917 bits per heavy atom. The van der Waals surface area contributed by atoms with Crippen LogP contribution in [-0.2, 0) is 0 Å². The van der Waals surface area contributed by atoms with Gasteiger partial charge in [-0.1, -0.05) is 64.7 Å². The molecule has 5 heteroatoms. The van der Waals surface area contributed by atoms with Crippen molar-refractivity contribution >= 4 is 11.7 Å². The summed E-state index contributed by atoms with van der Waals surface area (Å²) in [4.78, 5) is 10.9. The molecule has 136 valence electrons. The molecule has 2 amide bonds. The first-order valence-corrected chi connectivity index (χ1v) is 9.20. The molecular weight excluding hydrogens is 304 g/mol. The van der Waals surface area contributed by atoms with E-state index in [1.54, 1.807) is 12.1 Å². The van der Waals surface area contributed by atoms with Gasteiger partial charge in [-0.25, -0.2) is 10.3 Å². The van der Waals surface area contributed by atoms with E-state index in [0.717, 1.165) is 18.8 Å². The molecular formula is C19H32N2O3. The van der Waals surface area contributed by atoms with Crippen molar-refractivity contribution in [2.24, 2.45) is 0 Å². The maximum absolute atomic E-state index is 10.9. The van der Waals surface area contributed by atoms with Crippen molar-refractivity contribution in [1.82, 2.24) is 5.48 Å². The molecule has 1 aromatic rings. The molecule has 0 bridgehead atoms. The van der Waals surface area contributed by atoms with Crippen molar-refractivity contribution in [2.45, 2.75) is 71.1 Å². The van der Waals surface area contributed by atoms with Gasteiger partial charge in [0.15, 0.2) is 0 Å². The smallest absolute Gasteiger partial charge is 0.342 e. The van der Waals surface area contributed by atoms with E-state index < -0.39 is 6.03 Å². The lowest BCUT2D eigenvalue weighted by Gasteiger charge is -2.08. The van der Waals surface area contributed by atoms with Gasteiger partial charge >= 0.3 is 6.03 Å². The minimum absolute atomic E-state index is 0.604. The fraction of sp³-hybridized carbons (Fsp3) is 0.632. The first kappa shape index (κ1) is 20.3. The molecule has 0 saturated carbocycles. The molecule has 0 fully saturated rings. The molecule has 1 rings (SSSR count). The van der Waals surface area contributed by atoms with E-state index >= 15 is 0 Å². The third-order valence-electron chi connectivity index (χ3n) is 3.98. The fourth-order valence-corrected chi connectivity index (χ4v) is 2.57. The number of anilines is 1. The van der Waals surface area contributed by atoms with Crippen molar-refractivity contribution < 1.29 is 14.7 Å². The number of carbonyl (C=O) groups excluding carboxylic acids is 1. The highest BCUT2D eigenvalue weighted by atomic mass is 16.5. The lowest BCUT2D eigenvalue weighted by molar-refractivity contribution is 0.172. The van der Waals surface area contributed by atoms with E-state index in [9.17, 15) is 4.79 Å². The van der Waals surface area contributed by atoms with Gasteiger partial charge in [0.25, 0.3) is 0 Å². The summed E-state index contributed by atoms with van der Waals surface area (Å²) in [6, 6.07) is 6.44. The molecule has 5 nitrogen and oxygen atoms in total. The fourth-order valence-electron chi connectivity index (χ4n) is 2.57. The van der Waals surface area contributed by atoms with Crippen molar-refractivity contribution in [3.8, 4) is 5.75 Å². The summed E-state index contributed by atoms with van der Waals surface area (Å²) in [7, 11) is 0. The van der Waals surface area contributed by atoms with Crippen LogP contribution in [0.3, 0.4) is 0 Å². The lowest BCUT2D eigenvalue weighted by Crippen LogP contribution is -2.24. The predicted molar refractivity (Wildman–Crippen MR) is 97.7 cm³/mol. The lowest BCUT2D eigenvalue weighted by atomic mass is 10.1. The standard InChI is InChI=1S/C19H32N2O3/c1-2-3-4-5-6-7-8-9-10-11-16-24-18-14-12-17(13-15-18)20-19(22)21-23/h12-15,23H,2-11,16H2,1H3,(H2,20,21,22). The van der Waals surface area contributed by atoms with Crippen LogP contribution in [0.15, 0.2) is 24.3 Å². The minimum Gasteiger partial charge on any atom is -0.494 e. The molecule has 0 aliphatic heterocycles. The number of nitrogens with one attached hydrogen (secondary N) is 2. The second-order valence-corrected chi connectivity index (χ2v) is 6.12. The molecule has 1 aromatic carbocycles. The Bertz CT molecular complexity index is 435. The van der Waals surface area contributed by atoms with Gasteiger partial charge in [-0.05, 0) is 30.7 Å². The number of urea groups is 1. The first-order valence-electron chi connectivity index (χ1n) is 9.20. The number of hydrogen-bond donors (Lipinski definition) is 3. The Hall–Kier alpha value is -1.75. The monoisotopic (exact) mass is 336 g/mol. The first-order chi connectivity index (χ1) is 11.8. The minimum atomic E-state index is -0.658. The third kappa shape index (κ3) is 10.1. The van der Waals surface area contributed by atoms with Gasteiger partial charge in [0.2, 0.25) is 0 Å². The van der Waals surface area contributed by atoms with E-state index in [1.807, 2.05) is 12.1 Å². The van der Waals surface area contributed by atoms with E-state index in [2.05, 4.69) is 12.2 Å². The molecule has 24 heavy (non-hydrogen) atoms. The van der Waals surface area contributed by atoms with Gasteiger partial charge < -0.3 is 10.1 Å². The Labute approximate surface area is 145 Å². The molecule has 0 aromatic heterocycles. The highest BCUT2D eigenvalue weighted by molar-refractivity contribution is 5.88. The molecule has 0 radical (unpaired) electrons. The number of hydroxylamine groups is 1. The van der Waals surface area contributed by atoms with Gasteiger partial charge in [0.05, 0.1) is 6.61 Å². The maximum Gasteiger partial charge on any atom is 0.342 e. The van der Waals surface area contributed by atoms with Crippen molar-refractivity contribution in [2.75, 3.05) is 11.9 Å². The normalized spacial score (nSPS) is 10.4. The Kier molecular flexibility index (Phi) is 11.6. The number of hydrogen-bond acceptors (Lipinski definition) is 3. The Morgan fingerprint density at radius 3 is 2.00 bits per heavy atom. The zero-order valence-electron chi connectivity index (χ0n) is 14.9. The highest BCUT2D eigenvalue weighted by Crippen LogP contribution is 2.16. The summed E-state index contributed by atoms with van der Waals surface area (Å²) in [6.07, 6.45) is 13.1. The average molecular weight is 336 g/mol. The SMILES string of the molecule is CCCCCCCCCCCCOc1ccc(NC(=O)NO)cc1. The van der Waals surface area contributed by atoms with E-state index in [-0.39, 0.29) is 0 Å². The van der Waals surface area contributed by atoms with E-state index in [4.69, 9.17) is 9.94 Å². The molecule has 3 N–H and O–H groups in total. The average Bonchev–Trinajstić information content (AvgIpc) is 2.61. The number of unbranched alkanes of at least 4 members (excludes halogenated alkanes) is 9. The number of rotatable bonds is 13. The van der Waals surface area contributed by atoms with Crippen LogP contribution < -0.4 is 15.5 Å². The van der Waals surface area contributed by atoms with Crippen LogP contribution >= 0.6 is 0 Å². The van der Waals surface area contributed by atoms with Crippen LogP contribution in [0.25, 0.3) is 0 Å². The summed E-state index contributed by atoms with van der Waals surface area (Å²) in [5.41, 5.74) is 2.13. The Morgan fingerprint density at radius 2 is 1.46 bits per heavy atom. The highest BCUT2D eigenvalue weighted by Gasteiger charge is 2.00. The summed E-state index contributed by atoms with van der Waals surface area (Å²) in [6.45, 7) is 2.98. The molecule has 0 spiro atoms. The van der Waals surface area contributed by atoms with E-state index in [0.29, 0.717) is 5.69 Å². The van der Waals surface area contributed by atoms with Crippen LogP contribution in [0.2, 0.25) is 0 Å². The van der Waals surface area contributed by atoms with Gasteiger partial charge in [-0.15, -0.1) is 0 Å². The van der Waals surface area contributed by atoms with Crippen LogP contribution in [0.1, 0.15) is 71.1 Å². The van der Waals surface area contributed by atoms with Crippen LogP contribution in [-0.4, -0.2) is 17.8 Å². The van der Waals surface area contributed by atoms with Crippen molar-refractivity contribution in [3.05, 3.63) is 24.3 Å². The second-order valence-electron chi connectivity index (χ2n) is 6.12. The zero-order chi connectivity index (χ0) is 17.5. The molecule has 0 saturated heterocycles. The summed E-state index contributed by atoms with van der Waals surface area (Å²) in [5, 5.41) is 10.9. The van der Waals surface area contributed by atoms with Crippen molar-refractivity contribution in [1.29, 1.82) is 0 Å². The van der Waals surface area contributed by atoms with E-state index in [1.165, 1.54) is 63.3 Å². The number of amides is 2. The van der Waals surface area contributed by atoms with Gasteiger partial charge in [0.1, 0.15) is 5.75 Å². The summed E-state index contributed by atoms with van der Waals surface area (Å²) < 4.78 is 5.69. The van der Waals surface area contributed by atoms with Crippen LogP contribution in [0.5, 0.6) is 5.75 Å². The maximum atomic E-state index is 10.9. The number of ether oxygens (including phenoxy) is 1. The summed E-state index contributed by atoms with van der Waals surface area (Å²) >= 11 is 0. The zero-order valence-corrected chi connectivity index (χ0v) is 14.9. The topological polar surface area (TPSA) is 70.6 Å². The summed E-state index contributed by atoms with van der Waals surface area (Å²) in [5.74, 6) is 0.792. The van der Waals surface area contributed by atoms with Gasteiger partial charge in [-0.3, -0.25) is 5.21 Å². The largest absolute Gasteiger partial charge is 0.494 e. The van der Waals surface area contributed by atoms with Crippen molar-refractivity contribution in [3.63, 3.8) is 0 Å². The van der Waals surface area contributed by atoms with Crippen LogP contribution in [0, 0.1) is 0 Å². The molecule has 0 heterocycles. The predicted octanol–water partition coefficient (Wildman–Crippen LogP) is 5.50. The second kappa shape index (κ2) is 13.7. The number of benzene rings is 1. The van der Waals surface area contributed by atoms with Gasteiger partial charge in [-0.2, -0.15) is 0 Å².